The normalized spacial score (nSPS) is 13.0. The number of halogens is 1. The van der Waals surface area contributed by atoms with Crippen LogP contribution in [0.3, 0.4) is 0 Å². The number of carbonyl (C=O) groups excluding carboxylic acids is 1. The first-order valence-electron chi connectivity index (χ1n) is 7.33. The predicted molar refractivity (Wildman–Crippen MR) is 97.6 cm³/mol. The van der Waals surface area contributed by atoms with Crippen LogP contribution in [-0.4, -0.2) is 17.6 Å². The van der Waals surface area contributed by atoms with Gasteiger partial charge < -0.3 is 9.46 Å². The highest BCUT2D eigenvalue weighted by Gasteiger charge is 2.25. The van der Waals surface area contributed by atoms with E-state index < -0.39 is 5.60 Å². The van der Waals surface area contributed by atoms with Crippen molar-refractivity contribution < 1.29 is 9.53 Å². The van der Waals surface area contributed by atoms with Crippen molar-refractivity contribution in [3.63, 3.8) is 0 Å². The minimum absolute atomic E-state index is 0.216. The number of ether oxygens (including phenoxy) is 1. The van der Waals surface area contributed by atoms with Gasteiger partial charge in [-0.1, -0.05) is 29.8 Å². The third kappa shape index (κ3) is 8.06. The number of rotatable bonds is 7. The predicted octanol–water partition coefficient (Wildman–Crippen LogP) is 4.77. The Morgan fingerprint density at radius 2 is 1.86 bits per heavy atom. The van der Waals surface area contributed by atoms with Crippen molar-refractivity contribution in [3.8, 4) is 0 Å². The van der Waals surface area contributed by atoms with E-state index in [1.807, 2.05) is 45.0 Å². The summed E-state index contributed by atoms with van der Waals surface area (Å²) in [4.78, 5) is 12.2. The quantitative estimate of drug-likeness (QED) is 0.520. The van der Waals surface area contributed by atoms with Gasteiger partial charge >= 0.3 is 5.97 Å². The van der Waals surface area contributed by atoms with Gasteiger partial charge in [0, 0.05) is 22.3 Å². The third-order valence-electron chi connectivity index (χ3n) is 2.61. The zero-order chi connectivity index (χ0) is 16.8. The lowest BCUT2D eigenvalue weighted by molar-refractivity contribution is -0.157. The summed E-state index contributed by atoms with van der Waals surface area (Å²) in [6.07, 6.45) is 0.726. The molecule has 0 saturated heterocycles. The van der Waals surface area contributed by atoms with Gasteiger partial charge in [0.1, 0.15) is 11.6 Å². The topological polar surface area (TPSA) is 50.4 Å². The van der Waals surface area contributed by atoms with E-state index in [0.717, 1.165) is 16.6 Å². The molecule has 124 valence electrons. The molecule has 0 aliphatic heterocycles. The lowest BCUT2D eigenvalue weighted by Crippen LogP contribution is -2.39. The van der Waals surface area contributed by atoms with Crippen LogP contribution in [-0.2, 0) is 9.53 Å². The lowest BCUT2D eigenvalue weighted by Gasteiger charge is -2.25. The first-order valence-corrected chi connectivity index (χ1v) is 8.94. The van der Waals surface area contributed by atoms with Crippen LogP contribution < -0.4 is 9.44 Å². The largest absolute Gasteiger partial charge is 0.459 e. The molecule has 1 rings (SSSR count). The monoisotopic (exact) mass is 388 g/mol. The van der Waals surface area contributed by atoms with Crippen molar-refractivity contribution in [2.45, 2.75) is 52.7 Å². The lowest BCUT2D eigenvalue weighted by atomic mass is 10.0. The second kappa shape index (κ2) is 8.79. The first-order chi connectivity index (χ1) is 10.2. The molecule has 0 saturated carbocycles. The van der Waals surface area contributed by atoms with Crippen molar-refractivity contribution in [1.82, 2.24) is 4.72 Å². The maximum Gasteiger partial charge on any atom is 0.324 e. The Kier molecular flexibility index (Phi) is 7.72. The van der Waals surface area contributed by atoms with Crippen molar-refractivity contribution in [2.75, 3.05) is 4.72 Å². The molecule has 2 N–H and O–H groups in total. The number of esters is 1. The number of anilines is 1. The maximum absolute atomic E-state index is 12.2. The molecule has 1 unspecified atom stereocenters. The second-order valence-electron chi connectivity index (χ2n) is 6.54. The highest BCUT2D eigenvalue weighted by molar-refractivity contribution is 9.10. The maximum atomic E-state index is 12.2. The number of hydrogen-bond donors (Lipinski definition) is 2. The molecular weight excluding hydrogens is 364 g/mol. The van der Waals surface area contributed by atoms with Crippen LogP contribution in [0.2, 0.25) is 0 Å². The molecule has 0 aliphatic carbocycles. The van der Waals surface area contributed by atoms with Crippen molar-refractivity contribution in [2.24, 2.45) is 5.92 Å². The molecule has 6 heteroatoms. The molecule has 0 aliphatic rings. The summed E-state index contributed by atoms with van der Waals surface area (Å²) in [5.41, 5.74) is 0.492. The summed E-state index contributed by atoms with van der Waals surface area (Å²) in [5.74, 6) is 0.185. The van der Waals surface area contributed by atoms with Gasteiger partial charge in [0.05, 0.1) is 0 Å². The van der Waals surface area contributed by atoms with Crippen LogP contribution in [0.15, 0.2) is 28.7 Å². The fourth-order valence-electron chi connectivity index (χ4n) is 1.71. The van der Waals surface area contributed by atoms with Crippen molar-refractivity contribution >= 4 is 39.7 Å². The number of nitrogens with one attached hydrogen (secondary N) is 2. The van der Waals surface area contributed by atoms with Gasteiger partial charge in [0.25, 0.3) is 0 Å². The summed E-state index contributed by atoms with van der Waals surface area (Å²) in [5, 5.41) is 0. The second-order valence-corrected chi connectivity index (χ2v) is 8.10. The molecule has 0 aromatic heterocycles. The highest BCUT2D eigenvalue weighted by atomic mass is 79.9. The SMILES string of the molecule is CC(C)CC(NSNc1ccc(Br)cc1)C(=O)OC(C)(C)C. The molecule has 22 heavy (non-hydrogen) atoms. The molecule has 4 nitrogen and oxygen atoms in total. The first kappa shape index (κ1) is 19.3. The Morgan fingerprint density at radius 3 is 2.36 bits per heavy atom. The molecular formula is C16H25BrN2O2S. The van der Waals surface area contributed by atoms with Crippen LogP contribution in [0, 0.1) is 5.92 Å². The van der Waals surface area contributed by atoms with E-state index in [-0.39, 0.29) is 12.0 Å². The van der Waals surface area contributed by atoms with Crippen molar-refractivity contribution in [3.05, 3.63) is 28.7 Å². The Labute approximate surface area is 146 Å². The van der Waals surface area contributed by atoms with Gasteiger partial charge in [-0.05, 0) is 57.4 Å². The molecule has 0 spiro atoms. The van der Waals surface area contributed by atoms with Crippen LogP contribution in [0.4, 0.5) is 5.69 Å². The average Bonchev–Trinajstić information content (AvgIpc) is 2.37. The zero-order valence-corrected chi connectivity index (χ0v) is 16.2. The molecule has 0 radical (unpaired) electrons. The fourth-order valence-corrected chi connectivity index (χ4v) is 2.63. The zero-order valence-electron chi connectivity index (χ0n) is 13.8. The Bertz CT molecular complexity index is 472. The Morgan fingerprint density at radius 1 is 1.27 bits per heavy atom. The van der Waals surface area contributed by atoms with E-state index in [0.29, 0.717) is 5.92 Å². The molecule has 0 heterocycles. The van der Waals surface area contributed by atoms with E-state index in [2.05, 4.69) is 39.2 Å². The smallest absolute Gasteiger partial charge is 0.324 e. The van der Waals surface area contributed by atoms with Crippen LogP contribution >= 0.6 is 28.1 Å². The molecule has 1 atom stereocenters. The number of hydrogen-bond acceptors (Lipinski definition) is 5. The molecule has 1 aromatic carbocycles. The Hall–Kier alpha value is -0.720. The van der Waals surface area contributed by atoms with Crippen LogP contribution in [0.25, 0.3) is 0 Å². The van der Waals surface area contributed by atoms with E-state index in [4.69, 9.17) is 4.74 Å². The van der Waals surface area contributed by atoms with E-state index in [9.17, 15) is 4.79 Å². The highest BCUT2D eigenvalue weighted by Crippen LogP contribution is 2.18. The molecule has 0 bridgehead atoms. The summed E-state index contributed by atoms with van der Waals surface area (Å²) in [6.45, 7) is 9.82. The molecule has 0 amide bonds. The standard InChI is InChI=1S/C16H25BrN2O2S/c1-11(2)10-14(15(20)21-16(3,4)5)19-22-18-13-8-6-12(17)7-9-13/h6-9,11,14,18-19H,10H2,1-5H3. The summed E-state index contributed by atoms with van der Waals surface area (Å²) >= 11 is 4.70. The van der Waals surface area contributed by atoms with Gasteiger partial charge in [-0.15, -0.1) is 0 Å². The average molecular weight is 389 g/mol. The van der Waals surface area contributed by atoms with Crippen LogP contribution in [0.1, 0.15) is 41.0 Å². The molecule has 0 fully saturated rings. The minimum atomic E-state index is -0.474. The molecule has 1 aromatic rings. The van der Waals surface area contributed by atoms with Gasteiger partial charge in [-0.2, -0.15) is 0 Å². The number of carbonyl (C=O) groups is 1. The van der Waals surface area contributed by atoms with E-state index >= 15 is 0 Å². The minimum Gasteiger partial charge on any atom is -0.459 e. The third-order valence-corrected chi connectivity index (χ3v) is 3.88. The van der Waals surface area contributed by atoms with Crippen LogP contribution in [0.5, 0.6) is 0 Å². The summed E-state index contributed by atoms with van der Waals surface area (Å²) < 4.78 is 12.8. The van der Waals surface area contributed by atoms with Crippen molar-refractivity contribution in [1.29, 1.82) is 0 Å². The number of benzene rings is 1. The van der Waals surface area contributed by atoms with Gasteiger partial charge in [0.15, 0.2) is 0 Å². The summed E-state index contributed by atoms with van der Waals surface area (Å²) in [7, 11) is 0. The van der Waals surface area contributed by atoms with E-state index in [1.165, 1.54) is 12.1 Å². The Balaban J connectivity index is 2.54. The van der Waals surface area contributed by atoms with E-state index in [1.54, 1.807) is 0 Å². The fraction of sp³-hybridized carbons (Fsp3) is 0.562. The van der Waals surface area contributed by atoms with Gasteiger partial charge in [0.2, 0.25) is 0 Å². The van der Waals surface area contributed by atoms with Gasteiger partial charge in [-0.3, -0.25) is 4.79 Å². The summed E-state index contributed by atoms with van der Waals surface area (Å²) in [6, 6.07) is 7.50. The van der Waals surface area contributed by atoms with Gasteiger partial charge in [-0.25, -0.2) is 4.72 Å².